The van der Waals surface area contributed by atoms with Crippen LogP contribution in [0.4, 0.5) is 13.2 Å². The lowest BCUT2D eigenvalue weighted by atomic mass is 10.1. The highest BCUT2D eigenvalue weighted by Gasteiger charge is 2.40. The number of pyridine rings is 2. The molecule has 0 atom stereocenters. The van der Waals surface area contributed by atoms with Crippen LogP contribution in [0.5, 0.6) is 5.75 Å². The number of hydrogen-bond donors (Lipinski definition) is 0. The molecule has 3 aromatic heterocycles. The largest absolute Gasteiger partial charge is 0.471 e. The number of alkyl halides is 3. The average Bonchev–Trinajstić information content (AvgIpc) is 3.44. The molecule has 162 valence electrons. The first-order chi connectivity index (χ1) is 14.4. The van der Waals surface area contributed by atoms with Crippen molar-refractivity contribution in [1.29, 1.82) is 5.26 Å². The van der Waals surface area contributed by atoms with E-state index in [4.69, 9.17) is 10.00 Å². The number of aryl methyl sites for hydroxylation is 2. The van der Waals surface area contributed by atoms with Gasteiger partial charge in [0.05, 0.1) is 11.7 Å². The molecule has 0 amide bonds. The Balaban J connectivity index is 1.87. The lowest BCUT2D eigenvalue weighted by Gasteiger charge is -2.18. The summed E-state index contributed by atoms with van der Waals surface area (Å²) in [5.41, 5.74) is -1.61. The summed E-state index contributed by atoms with van der Waals surface area (Å²) in [6.45, 7) is 4.98. The highest BCUT2D eigenvalue weighted by molar-refractivity contribution is 5.80. The summed E-state index contributed by atoms with van der Waals surface area (Å²) < 4.78 is 48.7. The van der Waals surface area contributed by atoms with Crippen LogP contribution in [0.25, 0.3) is 22.6 Å². The van der Waals surface area contributed by atoms with Gasteiger partial charge in [-0.05, 0) is 51.3 Å². The molecule has 0 aliphatic heterocycles. The van der Waals surface area contributed by atoms with Crippen molar-refractivity contribution in [3.63, 3.8) is 0 Å². The second-order valence-electron chi connectivity index (χ2n) is 8.22. The molecule has 1 fully saturated rings. The SMILES string of the molecule is Cc1cc(OC(C)(C)C#N)cnc1-c1nc2cc(C(F)(F)F)n(C3CC3)c(=O)c2n1C. The monoisotopic (exact) mass is 431 g/mol. The Bertz CT molecular complexity index is 1290. The number of nitrogens with zero attached hydrogens (tertiary/aromatic N) is 5. The molecule has 3 aromatic rings. The van der Waals surface area contributed by atoms with Crippen molar-refractivity contribution >= 4 is 11.0 Å². The molecule has 7 nitrogen and oxygen atoms in total. The zero-order valence-corrected chi connectivity index (χ0v) is 17.4. The van der Waals surface area contributed by atoms with Gasteiger partial charge in [-0.15, -0.1) is 0 Å². The lowest BCUT2D eigenvalue weighted by molar-refractivity contribution is -0.144. The average molecular weight is 431 g/mol. The Kier molecular flexibility index (Phi) is 4.61. The second-order valence-corrected chi connectivity index (χ2v) is 8.22. The van der Waals surface area contributed by atoms with E-state index in [0.29, 0.717) is 29.8 Å². The van der Waals surface area contributed by atoms with Crippen LogP contribution in [0, 0.1) is 18.3 Å². The smallest absolute Gasteiger partial charge is 0.431 e. The molecule has 0 saturated heterocycles. The van der Waals surface area contributed by atoms with Gasteiger partial charge in [0.25, 0.3) is 5.56 Å². The molecule has 1 saturated carbocycles. The van der Waals surface area contributed by atoms with Crippen LogP contribution < -0.4 is 10.3 Å². The van der Waals surface area contributed by atoms with E-state index in [1.54, 1.807) is 33.9 Å². The summed E-state index contributed by atoms with van der Waals surface area (Å²) in [6.07, 6.45) is -2.15. The summed E-state index contributed by atoms with van der Waals surface area (Å²) in [4.78, 5) is 21.7. The lowest BCUT2D eigenvalue weighted by Crippen LogP contribution is -2.28. The van der Waals surface area contributed by atoms with Gasteiger partial charge in [0.1, 0.15) is 28.7 Å². The predicted molar refractivity (Wildman–Crippen MR) is 107 cm³/mol. The predicted octanol–water partition coefficient (Wildman–Crippen LogP) is 4.14. The molecule has 1 aliphatic carbocycles. The first-order valence-electron chi connectivity index (χ1n) is 9.69. The Labute approximate surface area is 175 Å². The van der Waals surface area contributed by atoms with Crippen LogP contribution in [0.2, 0.25) is 0 Å². The number of ether oxygens (including phenoxy) is 1. The quantitative estimate of drug-likeness (QED) is 0.620. The van der Waals surface area contributed by atoms with E-state index in [-0.39, 0.29) is 16.9 Å². The van der Waals surface area contributed by atoms with Crippen LogP contribution in [0.3, 0.4) is 0 Å². The van der Waals surface area contributed by atoms with Crippen molar-refractivity contribution in [2.45, 2.75) is 51.4 Å². The molecule has 31 heavy (non-hydrogen) atoms. The van der Waals surface area contributed by atoms with E-state index >= 15 is 0 Å². The third-order valence-electron chi connectivity index (χ3n) is 5.19. The van der Waals surface area contributed by atoms with E-state index in [2.05, 4.69) is 9.97 Å². The summed E-state index contributed by atoms with van der Waals surface area (Å²) in [5.74, 6) is 0.652. The molecule has 0 spiro atoms. The van der Waals surface area contributed by atoms with Crippen LogP contribution in [0.15, 0.2) is 23.1 Å². The molecule has 3 heterocycles. The number of halogens is 3. The minimum Gasteiger partial charge on any atom is -0.471 e. The summed E-state index contributed by atoms with van der Waals surface area (Å²) >= 11 is 0. The Morgan fingerprint density at radius 3 is 2.48 bits per heavy atom. The summed E-state index contributed by atoms with van der Waals surface area (Å²) in [7, 11) is 1.58. The second kappa shape index (κ2) is 6.83. The van der Waals surface area contributed by atoms with Crippen LogP contribution >= 0.6 is 0 Å². The highest BCUT2D eigenvalue weighted by atomic mass is 19.4. The van der Waals surface area contributed by atoms with E-state index in [0.717, 1.165) is 10.6 Å². The fourth-order valence-corrected chi connectivity index (χ4v) is 3.58. The maximum atomic E-state index is 13.6. The van der Waals surface area contributed by atoms with E-state index < -0.39 is 29.1 Å². The molecular weight excluding hydrogens is 411 g/mol. The number of hydrogen-bond acceptors (Lipinski definition) is 5. The van der Waals surface area contributed by atoms with E-state index in [1.807, 2.05) is 6.07 Å². The van der Waals surface area contributed by atoms with Crippen molar-refractivity contribution in [2.75, 3.05) is 0 Å². The van der Waals surface area contributed by atoms with Crippen molar-refractivity contribution in [3.8, 4) is 23.3 Å². The minimum atomic E-state index is -4.66. The Hall–Kier alpha value is -3.35. The third kappa shape index (κ3) is 3.65. The van der Waals surface area contributed by atoms with Crippen LogP contribution in [-0.2, 0) is 13.2 Å². The number of fused-ring (bicyclic) bond motifs is 1. The van der Waals surface area contributed by atoms with E-state index in [9.17, 15) is 18.0 Å². The highest BCUT2D eigenvalue weighted by Crippen LogP contribution is 2.40. The first kappa shape index (κ1) is 20.9. The molecular formula is C21H20F3N5O2. The molecule has 1 aliphatic rings. The standard InChI is InChI=1S/C21H20F3N5O2/c1-11-7-13(31-20(2,3)10-25)9-26-16(11)18-27-14-8-15(21(22,23)24)29(12-5-6-12)19(30)17(14)28(18)4/h7-9,12H,5-6H2,1-4H3. The fraction of sp³-hybridized carbons (Fsp3) is 0.429. The summed E-state index contributed by atoms with van der Waals surface area (Å²) in [6, 6.07) is 4.19. The van der Waals surface area contributed by atoms with Gasteiger partial charge in [-0.1, -0.05) is 0 Å². The van der Waals surface area contributed by atoms with Gasteiger partial charge in [-0.25, -0.2) is 9.97 Å². The Morgan fingerprint density at radius 1 is 1.26 bits per heavy atom. The summed E-state index contributed by atoms with van der Waals surface area (Å²) in [5, 5.41) is 9.13. The van der Waals surface area contributed by atoms with Gasteiger partial charge in [-0.3, -0.25) is 9.36 Å². The molecule has 10 heteroatoms. The van der Waals surface area contributed by atoms with Gasteiger partial charge < -0.3 is 9.30 Å². The van der Waals surface area contributed by atoms with Gasteiger partial charge in [-0.2, -0.15) is 18.4 Å². The maximum Gasteiger partial charge on any atom is 0.431 e. The van der Waals surface area contributed by atoms with Gasteiger partial charge in [0, 0.05) is 13.1 Å². The molecule has 0 unspecified atom stereocenters. The van der Waals surface area contributed by atoms with Crippen LogP contribution in [-0.4, -0.2) is 24.7 Å². The third-order valence-corrected chi connectivity index (χ3v) is 5.19. The maximum absolute atomic E-state index is 13.6. The van der Waals surface area contributed by atoms with Gasteiger partial charge in [0.2, 0.25) is 0 Å². The number of imidazole rings is 1. The minimum absolute atomic E-state index is 0.0288. The van der Waals surface area contributed by atoms with Crippen LogP contribution in [0.1, 0.15) is 44.0 Å². The molecule has 0 bridgehead atoms. The van der Waals surface area contributed by atoms with Crippen molar-refractivity contribution in [1.82, 2.24) is 19.1 Å². The van der Waals surface area contributed by atoms with Crippen molar-refractivity contribution in [2.24, 2.45) is 7.05 Å². The normalized spacial score (nSPS) is 14.6. The molecule has 0 radical (unpaired) electrons. The topological polar surface area (TPSA) is 85.7 Å². The van der Waals surface area contributed by atoms with E-state index in [1.165, 1.54) is 10.8 Å². The number of nitriles is 1. The molecule has 0 aromatic carbocycles. The Morgan fingerprint density at radius 2 is 1.94 bits per heavy atom. The zero-order chi connectivity index (χ0) is 22.7. The fourth-order valence-electron chi connectivity index (χ4n) is 3.58. The number of rotatable bonds is 4. The first-order valence-corrected chi connectivity index (χ1v) is 9.69. The van der Waals surface area contributed by atoms with Gasteiger partial charge in [0.15, 0.2) is 11.4 Å². The van der Waals surface area contributed by atoms with Crippen molar-refractivity contribution < 1.29 is 17.9 Å². The van der Waals surface area contributed by atoms with Crippen molar-refractivity contribution in [3.05, 3.63) is 39.9 Å². The van der Waals surface area contributed by atoms with Gasteiger partial charge >= 0.3 is 6.18 Å². The molecule has 4 rings (SSSR count). The zero-order valence-electron chi connectivity index (χ0n) is 17.4. The molecule has 0 N–H and O–H groups in total. The number of aromatic nitrogens is 4.